The number of nitrogens with zero attached hydrogens (tertiary/aromatic N) is 4. The number of hydrogen-bond acceptors (Lipinski definition) is 5. The number of thioether (sulfide) groups is 1. The highest BCUT2D eigenvalue weighted by Crippen LogP contribution is 2.25. The first-order chi connectivity index (χ1) is 5.66. The quantitative estimate of drug-likeness (QED) is 0.295. The molecule has 6 nitrogen and oxygen atoms in total. The predicted octanol–water partition coefficient (Wildman–Crippen LogP) is 0.901. The second-order valence-corrected chi connectivity index (χ2v) is 2.71. The van der Waals surface area contributed by atoms with E-state index < -0.39 is 4.92 Å². The Morgan fingerprint density at radius 2 is 2.58 bits per heavy atom. The van der Waals surface area contributed by atoms with Crippen LogP contribution in [0.2, 0.25) is 0 Å². The van der Waals surface area contributed by atoms with Crippen molar-refractivity contribution in [3.8, 4) is 5.40 Å². The van der Waals surface area contributed by atoms with E-state index in [4.69, 9.17) is 5.26 Å². The summed E-state index contributed by atoms with van der Waals surface area (Å²) in [7, 11) is 1.60. The largest absolute Gasteiger partial charge is 0.396 e. The zero-order valence-corrected chi connectivity index (χ0v) is 6.91. The van der Waals surface area contributed by atoms with Crippen molar-refractivity contribution >= 4 is 17.6 Å². The molecule has 0 saturated heterocycles. The second-order valence-electron chi connectivity index (χ2n) is 1.93. The van der Waals surface area contributed by atoms with Crippen molar-refractivity contribution in [3.63, 3.8) is 0 Å². The molecule has 62 valence electrons. The van der Waals surface area contributed by atoms with Gasteiger partial charge in [-0.1, -0.05) is 0 Å². The van der Waals surface area contributed by atoms with Crippen LogP contribution in [-0.2, 0) is 7.05 Å². The van der Waals surface area contributed by atoms with Crippen molar-refractivity contribution in [2.45, 2.75) is 5.03 Å². The van der Waals surface area contributed by atoms with Gasteiger partial charge in [-0.3, -0.25) is 0 Å². The summed E-state index contributed by atoms with van der Waals surface area (Å²) in [5.41, 5.74) is 0. The minimum atomic E-state index is -0.611. The van der Waals surface area contributed by atoms with Crippen LogP contribution in [0.4, 0.5) is 5.82 Å². The Morgan fingerprint density at radius 1 is 1.92 bits per heavy atom. The smallest absolute Gasteiger partial charge is 0.358 e. The van der Waals surface area contributed by atoms with Crippen LogP contribution in [0.5, 0.6) is 0 Å². The molecule has 0 fully saturated rings. The molecule has 1 heterocycles. The van der Waals surface area contributed by atoms with Crippen molar-refractivity contribution in [1.29, 1.82) is 5.26 Å². The Labute approximate surface area is 72.0 Å². The third-order valence-corrected chi connectivity index (χ3v) is 1.94. The SMILES string of the molecule is Cn1cnc([N+](=O)[O-])c1SC#N. The summed E-state index contributed by atoms with van der Waals surface area (Å²) in [5, 5.41) is 20.6. The zero-order valence-electron chi connectivity index (χ0n) is 6.09. The van der Waals surface area contributed by atoms with E-state index in [0.29, 0.717) is 0 Å². The number of hydrogen-bond donors (Lipinski definition) is 0. The first-order valence-corrected chi connectivity index (χ1v) is 3.70. The van der Waals surface area contributed by atoms with Gasteiger partial charge in [-0.25, -0.2) is 0 Å². The van der Waals surface area contributed by atoms with E-state index in [2.05, 4.69) is 4.98 Å². The Balaban J connectivity index is 3.14. The molecule has 12 heavy (non-hydrogen) atoms. The van der Waals surface area contributed by atoms with Crippen LogP contribution in [0.15, 0.2) is 11.4 Å². The number of nitriles is 1. The summed E-state index contributed by atoms with van der Waals surface area (Å²) in [4.78, 5) is 13.2. The van der Waals surface area contributed by atoms with E-state index in [1.165, 1.54) is 10.9 Å². The number of nitro groups is 1. The third-order valence-electron chi connectivity index (χ3n) is 1.18. The Morgan fingerprint density at radius 3 is 3.08 bits per heavy atom. The molecule has 0 bridgehead atoms. The number of rotatable bonds is 2. The molecule has 1 aromatic rings. The van der Waals surface area contributed by atoms with Gasteiger partial charge in [-0.05, 0) is 9.91 Å². The van der Waals surface area contributed by atoms with Crippen LogP contribution in [0.3, 0.4) is 0 Å². The van der Waals surface area contributed by atoms with Crippen molar-refractivity contribution in [2.24, 2.45) is 7.05 Å². The third kappa shape index (κ3) is 1.38. The molecule has 0 saturated carbocycles. The number of aromatic nitrogens is 2. The maximum atomic E-state index is 10.3. The first-order valence-electron chi connectivity index (χ1n) is 2.88. The number of imidazole rings is 1. The van der Waals surface area contributed by atoms with Crippen LogP contribution in [0.1, 0.15) is 0 Å². The van der Waals surface area contributed by atoms with Crippen molar-refractivity contribution in [1.82, 2.24) is 9.55 Å². The van der Waals surface area contributed by atoms with Gasteiger partial charge in [-0.15, -0.1) is 0 Å². The summed E-state index contributed by atoms with van der Waals surface area (Å²) in [6.45, 7) is 0. The Hall–Kier alpha value is -1.55. The maximum Gasteiger partial charge on any atom is 0.396 e. The molecule has 0 aliphatic heterocycles. The molecular formula is C5H4N4O2S. The normalized spacial score (nSPS) is 9.33. The number of aryl methyl sites for hydroxylation is 1. The molecule has 1 aromatic heterocycles. The van der Waals surface area contributed by atoms with Crippen LogP contribution in [-0.4, -0.2) is 14.5 Å². The highest BCUT2D eigenvalue weighted by molar-refractivity contribution is 8.03. The molecule has 0 N–H and O–H groups in total. The van der Waals surface area contributed by atoms with Gasteiger partial charge >= 0.3 is 5.82 Å². The first kappa shape index (κ1) is 8.55. The summed E-state index contributed by atoms with van der Waals surface area (Å²) in [6, 6.07) is 0. The van der Waals surface area contributed by atoms with Gasteiger partial charge in [0.25, 0.3) is 0 Å². The highest BCUT2D eigenvalue weighted by atomic mass is 32.2. The van der Waals surface area contributed by atoms with Crippen LogP contribution >= 0.6 is 11.8 Å². The van der Waals surface area contributed by atoms with E-state index >= 15 is 0 Å². The number of thiocyanates is 1. The fourth-order valence-electron chi connectivity index (χ4n) is 0.693. The Kier molecular flexibility index (Phi) is 2.30. The minimum Gasteiger partial charge on any atom is -0.358 e. The van der Waals surface area contributed by atoms with Gasteiger partial charge in [0, 0.05) is 18.8 Å². The van der Waals surface area contributed by atoms with E-state index in [9.17, 15) is 10.1 Å². The molecule has 0 aromatic carbocycles. The monoisotopic (exact) mass is 184 g/mol. The molecular weight excluding hydrogens is 180 g/mol. The molecule has 0 atom stereocenters. The Bertz CT molecular complexity index is 353. The summed E-state index contributed by atoms with van der Waals surface area (Å²) in [6.07, 6.45) is 1.30. The predicted molar refractivity (Wildman–Crippen MR) is 41.3 cm³/mol. The average molecular weight is 184 g/mol. The van der Waals surface area contributed by atoms with Crippen molar-refractivity contribution in [2.75, 3.05) is 0 Å². The second kappa shape index (κ2) is 3.23. The molecule has 0 spiro atoms. The van der Waals surface area contributed by atoms with Gasteiger partial charge in [-0.2, -0.15) is 5.26 Å². The van der Waals surface area contributed by atoms with E-state index in [-0.39, 0.29) is 10.8 Å². The molecule has 0 aliphatic rings. The summed E-state index contributed by atoms with van der Waals surface area (Å²) in [5.74, 6) is -0.274. The fraction of sp³-hybridized carbons (Fsp3) is 0.200. The van der Waals surface area contributed by atoms with Gasteiger partial charge in [0.15, 0.2) is 5.03 Å². The van der Waals surface area contributed by atoms with Gasteiger partial charge in [0.05, 0.1) is 0 Å². The van der Waals surface area contributed by atoms with Gasteiger partial charge < -0.3 is 14.7 Å². The molecule has 1 rings (SSSR count). The van der Waals surface area contributed by atoms with Crippen molar-refractivity contribution in [3.05, 3.63) is 16.4 Å². The summed E-state index contributed by atoms with van der Waals surface area (Å²) < 4.78 is 1.44. The van der Waals surface area contributed by atoms with Gasteiger partial charge in [0.1, 0.15) is 5.40 Å². The molecule has 7 heteroatoms. The molecule has 0 amide bonds. The van der Waals surface area contributed by atoms with E-state index in [0.717, 1.165) is 11.8 Å². The lowest BCUT2D eigenvalue weighted by Crippen LogP contribution is -1.92. The topological polar surface area (TPSA) is 84.8 Å². The van der Waals surface area contributed by atoms with E-state index in [1.807, 2.05) is 0 Å². The molecule has 0 aliphatic carbocycles. The molecule has 0 unspecified atom stereocenters. The maximum absolute atomic E-state index is 10.3. The van der Waals surface area contributed by atoms with Crippen LogP contribution in [0, 0.1) is 20.8 Å². The lowest BCUT2D eigenvalue weighted by atomic mass is 10.8. The minimum absolute atomic E-state index is 0.252. The zero-order chi connectivity index (χ0) is 9.14. The standard InChI is InChI=1S/C5H4N4O2S/c1-8-3-7-4(9(10)11)5(8)12-2-6/h3H,1H3. The van der Waals surface area contributed by atoms with E-state index in [1.54, 1.807) is 12.4 Å². The molecule has 0 radical (unpaired) electrons. The summed E-state index contributed by atoms with van der Waals surface area (Å²) >= 11 is 0.728. The van der Waals surface area contributed by atoms with Gasteiger partial charge in [0.2, 0.25) is 6.33 Å². The highest BCUT2D eigenvalue weighted by Gasteiger charge is 2.19. The van der Waals surface area contributed by atoms with Crippen LogP contribution < -0.4 is 0 Å². The average Bonchev–Trinajstić information content (AvgIpc) is 2.34. The van der Waals surface area contributed by atoms with Crippen molar-refractivity contribution < 1.29 is 4.92 Å². The fourth-order valence-corrected chi connectivity index (χ4v) is 1.19. The van der Waals surface area contributed by atoms with Crippen LogP contribution in [0.25, 0.3) is 0 Å². The lowest BCUT2D eigenvalue weighted by molar-refractivity contribution is -0.392. The lowest BCUT2D eigenvalue weighted by Gasteiger charge is -1.92.